The number of anilines is 1. The van der Waals surface area contributed by atoms with Crippen LogP contribution in [0.1, 0.15) is 13.3 Å². The molecule has 2 rings (SSSR count). The number of sulfonamides is 1. The molecule has 6 heteroatoms. The van der Waals surface area contributed by atoms with E-state index in [4.69, 9.17) is 5.14 Å². The van der Waals surface area contributed by atoms with Crippen LogP contribution < -0.4 is 10.5 Å². The molecule has 1 saturated heterocycles. The van der Waals surface area contributed by atoms with Gasteiger partial charge in [-0.3, -0.25) is 0 Å². The number of nitrogens with two attached hydrogens (primary N) is 1. The van der Waals surface area contributed by atoms with Crippen molar-refractivity contribution in [2.24, 2.45) is 5.14 Å². The van der Waals surface area contributed by atoms with Crippen LogP contribution in [0.5, 0.6) is 0 Å². The fraction of sp³-hybridized carbons (Fsp3) is 0.500. The summed E-state index contributed by atoms with van der Waals surface area (Å²) >= 11 is 0. The second-order valence-electron chi connectivity index (χ2n) is 4.56. The summed E-state index contributed by atoms with van der Waals surface area (Å²) in [4.78, 5) is 2.50. The molecule has 1 aromatic rings. The van der Waals surface area contributed by atoms with Gasteiger partial charge in [0.05, 0.1) is 5.69 Å². The topological polar surface area (TPSA) is 75.4 Å². The van der Waals surface area contributed by atoms with Crippen molar-refractivity contribution in [3.8, 4) is 0 Å². The van der Waals surface area contributed by atoms with Crippen molar-refractivity contribution in [2.75, 3.05) is 25.0 Å². The maximum Gasteiger partial charge on any atom is 0.240 e. The van der Waals surface area contributed by atoms with Crippen molar-refractivity contribution >= 4 is 15.7 Å². The van der Waals surface area contributed by atoms with E-state index in [9.17, 15) is 8.42 Å². The third kappa shape index (κ3) is 3.01. The number of primary sulfonamides is 1. The van der Waals surface area contributed by atoms with E-state index in [2.05, 4.69) is 17.1 Å². The molecule has 1 aromatic carbocycles. The van der Waals surface area contributed by atoms with Gasteiger partial charge in [-0.2, -0.15) is 0 Å². The number of likely N-dealkylation sites (N-methyl/N-ethyl adjacent to an activating group) is 1. The largest absolute Gasteiger partial charge is 0.380 e. The van der Waals surface area contributed by atoms with Crippen molar-refractivity contribution in [3.63, 3.8) is 0 Å². The Bertz CT molecular complexity index is 516. The van der Waals surface area contributed by atoms with Gasteiger partial charge in [0, 0.05) is 19.1 Å². The monoisotopic (exact) mass is 269 g/mol. The molecule has 0 amide bonds. The molecule has 0 saturated carbocycles. The van der Waals surface area contributed by atoms with Crippen LogP contribution in [-0.2, 0) is 10.0 Å². The molecule has 0 aromatic heterocycles. The van der Waals surface area contributed by atoms with Crippen molar-refractivity contribution in [1.82, 2.24) is 4.90 Å². The van der Waals surface area contributed by atoms with Crippen LogP contribution >= 0.6 is 0 Å². The summed E-state index contributed by atoms with van der Waals surface area (Å²) in [6.07, 6.45) is 1.02. The Labute approximate surface area is 108 Å². The van der Waals surface area contributed by atoms with Crippen molar-refractivity contribution < 1.29 is 8.42 Å². The predicted octanol–water partition coefficient (Wildman–Crippen LogP) is 0.840. The van der Waals surface area contributed by atoms with Crippen LogP contribution in [0.2, 0.25) is 0 Å². The molecule has 1 fully saturated rings. The molecule has 3 N–H and O–H groups in total. The van der Waals surface area contributed by atoms with E-state index < -0.39 is 10.0 Å². The lowest BCUT2D eigenvalue weighted by atomic mass is 10.2. The molecule has 0 spiro atoms. The van der Waals surface area contributed by atoms with Gasteiger partial charge >= 0.3 is 0 Å². The van der Waals surface area contributed by atoms with Crippen LogP contribution in [0.3, 0.4) is 0 Å². The Morgan fingerprint density at radius 3 is 2.78 bits per heavy atom. The van der Waals surface area contributed by atoms with Gasteiger partial charge < -0.3 is 10.2 Å². The molecule has 1 aliphatic heterocycles. The summed E-state index contributed by atoms with van der Waals surface area (Å²) in [6.45, 7) is 5.14. The van der Waals surface area contributed by atoms with Gasteiger partial charge in [0.15, 0.2) is 0 Å². The molecule has 1 heterocycles. The second-order valence-corrected chi connectivity index (χ2v) is 6.09. The van der Waals surface area contributed by atoms with E-state index in [0.29, 0.717) is 5.69 Å². The third-order valence-electron chi connectivity index (χ3n) is 3.27. The lowest BCUT2D eigenvalue weighted by molar-refractivity contribution is 0.356. The average Bonchev–Trinajstić information content (AvgIpc) is 2.76. The smallest absolute Gasteiger partial charge is 0.240 e. The molecule has 1 atom stereocenters. The number of hydrogen-bond donors (Lipinski definition) is 2. The first-order valence-electron chi connectivity index (χ1n) is 6.11. The molecule has 0 bridgehead atoms. The lowest BCUT2D eigenvalue weighted by Gasteiger charge is -2.17. The van der Waals surface area contributed by atoms with Gasteiger partial charge in [-0.1, -0.05) is 19.1 Å². The Kier molecular flexibility index (Phi) is 3.89. The zero-order chi connectivity index (χ0) is 13.2. The minimum Gasteiger partial charge on any atom is -0.380 e. The van der Waals surface area contributed by atoms with Crippen LogP contribution in [0.4, 0.5) is 5.69 Å². The number of para-hydroxylation sites is 1. The SMILES string of the molecule is CCN1CC[C@H](Nc2ccccc2S(N)(=O)=O)C1. The van der Waals surface area contributed by atoms with E-state index in [1.807, 2.05) is 6.07 Å². The number of nitrogens with one attached hydrogen (secondary N) is 1. The highest BCUT2D eigenvalue weighted by Gasteiger charge is 2.22. The van der Waals surface area contributed by atoms with Gasteiger partial charge in [-0.15, -0.1) is 0 Å². The summed E-state index contributed by atoms with van der Waals surface area (Å²) in [5, 5.41) is 8.49. The first-order valence-corrected chi connectivity index (χ1v) is 7.66. The highest BCUT2D eigenvalue weighted by molar-refractivity contribution is 7.89. The van der Waals surface area contributed by atoms with E-state index >= 15 is 0 Å². The first kappa shape index (κ1) is 13.3. The number of rotatable bonds is 4. The van der Waals surface area contributed by atoms with Crippen LogP contribution in [0, 0.1) is 0 Å². The van der Waals surface area contributed by atoms with E-state index in [-0.39, 0.29) is 10.9 Å². The van der Waals surface area contributed by atoms with Gasteiger partial charge in [0.2, 0.25) is 10.0 Å². The maximum absolute atomic E-state index is 11.5. The van der Waals surface area contributed by atoms with Crippen LogP contribution in [-0.4, -0.2) is 39.0 Å². The summed E-state index contributed by atoms with van der Waals surface area (Å²) in [7, 11) is -3.67. The lowest BCUT2D eigenvalue weighted by Crippen LogP contribution is -2.27. The molecule has 0 radical (unpaired) electrons. The molecular weight excluding hydrogens is 250 g/mol. The fourth-order valence-corrected chi connectivity index (χ4v) is 2.99. The van der Waals surface area contributed by atoms with Crippen LogP contribution in [0.25, 0.3) is 0 Å². The zero-order valence-electron chi connectivity index (χ0n) is 10.5. The van der Waals surface area contributed by atoms with Crippen molar-refractivity contribution in [1.29, 1.82) is 0 Å². The highest BCUT2D eigenvalue weighted by atomic mass is 32.2. The first-order chi connectivity index (χ1) is 8.50. The van der Waals surface area contributed by atoms with Gasteiger partial charge in [0.1, 0.15) is 4.90 Å². The van der Waals surface area contributed by atoms with Gasteiger partial charge in [-0.05, 0) is 25.1 Å². The molecule has 18 heavy (non-hydrogen) atoms. The Balaban J connectivity index is 2.15. The molecular formula is C12H19N3O2S. The van der Waals surface area contributed by atoms with E-state index in [1.165, 1.54) is 6.07 Å². The molecule has 1 aliphatic rings. The minimum atomic E-state index is -3.67. The molecule has 5 nitrogen and oxygen atoms in total. The van der Waals surface area contributed by atoms with E-state index in [1.54, 1.807) is 12.1 Å². The second kappa shape index (κ2) is 5.26. The van der Waals surface area contributed by atoms with Crippen LogP contribution in [0.15, 0.2) is 29.2 Å². The van der Waals surface area contributed by atoms with Gasteiger partial charge in [-0.25, -0.2) is 13.6 Å². The zero-order valence-corrected chi connectivity index (χ0v) is 11.3. The minimum absolute atomic E-state index is 0.167. The van der Waals surface area contributed by atoms with Gasteiger partial charge in [0.25, 0.3) is 0 Å². The maximum atomic E-state index is 11.5. The third-order valence-corrected chi connectivity index (χ3v) is 4.24. The van der Waals surface area contributed by atoms with Crippen molar-refractivity contribution in [2.45, 2.75) is 24.3 Å². The predicted molar refractivity (Wildman–Crippen MR) is 72.0 cm³/mol. The molecule has 0 aliphatic carbocycles. The molecule has 0 unspecified atom stereocenters. The Morgan fingerprint density at radius 1 is 1.44 bits per heavy atom. The normalized spacial score (nSPS) is 21.1. The average molecular weight is 269 g/mol. The fourth-order valence-electron chi connectivity index (χ4n) is 2.29. The van der Waals surface area contributed by atoms with Crippen molar-refractivity contribution in [3.05, 3.63) is 24.3 Å². The number of benzene rings is 1. The Hall–Kier alpha value is -1.11. The summed E-state index contributed by atoms with van der Waals surface area (Å²) in [6, 6.07) is 7.06. The highest BCUT2D eigenvalue weighted by Crippen LogP contribution is 2.22. The number of likely N-dealkylation sites (tertiary alicyclic amines) is 1. The summed E-state index contributed by atoms with van der Waals surface area (Å²) in [5.41, 5.74) is 0.600. The Morgan fingerprint density at radius 2 is 2.17 bits per heavy atom. The number of nitrogens with zero attached hydrogens (tertiary/aromatic N) is 1. The molecule has 100 valence electrons. The quantitative estimate of drug-likeness (QED) is 0.849. The standard InChI is InChI=1S/C12H19N3O2S/c1-2-15-8-7-10(9-15)14-11-5-3-4-6-12(11)18(13,16)17/h3-6,10,14H,2,7-9H2,1H3,(H2,13,16,17)/t10-/m0/s1. The van der Waals surface area contributed by atoms with E-state index in [0.717, 1.165) is 26.1 Å². The summed E-state index contributed by atoms with van der Waals surface area (Å²) < 4.78 is 23.0. The summed E-state index contributed by atoms with van der Waals surface area (Å²) in [5.74, 6) is 0. The number of hydrogen-bond acceptors (Lipinski definition) is 4.